The van der Waals surface area contributed by atoms with Crippen LogP contribution in [0.25, 0.3) is 11.4 Å². The first-order chi connectivity index (χ1) is 11.3. The maximum atomic E-state index is 11.7. The summed E-state index contributed by atoms with van der Waals surface area (Å²) in [4.78, 5) is 11.7. The second kappa shape index (κ2) is 8.76. The standard InChI is InChI=1S/C16H17N5OS/c1-2-11-21-15(13-7-4-3-5-8-13)19-20-16(21)23-12-14(22)18-10-6-9-17/h2-5,7-8H,1,6,10-12H2,(H,18,22). The Labute approximate surface area is 139 Å². The van der Waals surface area contributed by atoms with Crippen LogP contribution in [0.1, 0.15) is 6.42 Å². The van der Waals surface area contributed by atoms with E-state index in [9.17, 15) is 4.79 Å². The molecule has 2 aromatic rings. The molecule has 0 saturated carbocycles. The molecule has 23 heavy (non-hydrogen) atoms. The molecule has 0 atom stereocenters. The van der Waals surface area contributed by atoms with Gasteiger partial charge in [-0.05, 0) is 0 Å². The Morgan fingerprint density at radius 2 is 2.17 bits per heavy atom. The van der Waals surface area contributed by atoms with Crippen molar-refractivity contribution in [2.24, 2.45) is 0 Å². The van der Waals surface area contributed by atoms with Gasteiger partial charge in [-0.3, -0.25) is 9.36 Å². The van der Waals surface area contributed by atoms with Crippen molar-refractivity contribution in [2.45, 2.75) is 18.1 Å². The van der Waals surface area contributed by atoms with Gasteiger partial charge in [0.05, 0.1) is 18.2 Å². The second-order valence-corrected chi connectivity index (χ2v) is 5.56. The van der Waals surface area contributed by atoms with Gasteiger partial charge in [0, 0.05) is 18.7 Å². The monoisotopic (exact) mass is 327 g/mol. The van der Waals surface area contributed by atoms with Gasteiger partial charge in [0.15, 0.2) is 11.0 Å². The first-order valence-electron chi connectivity index (χ1n) is 7.12. The van der Waals surface area contributed by atoms with Crippen LogP contribution in [0.3, 0.4) is 0 Å². The van der Waals surface area contributed by atoms with Gasteiger partial charge in [-0.1, -0.05) is 48.2 Å². The Bertz CT molecular complexity index is 705. The van der Waals surface area contributed by atoms with Gasteiger partial charge >= 0.3 is 0 Å². The first-order valence-corrected chi connectivity index (χ1v) is 8.10. The van der Waals surface area contributed by atoms with Crippen molar-refractivity contribution in [3.05, 3.63) is 43.0 Å². The van der Waals surface area contributed by atoms with Gasteiger partial charge in [0.2, 0.25) is 5.91 Å². The van der Waals surface area contributed by atoms with Crippen molar-refractivity contribution in [3.8, 4) is 17.5 Å². The van der Waals surface area contributed by atoms with E-state index in [-0.39, 0.29) is 11.7 Å². The Balaban J connectivity index is 2.08. The van der Waals surface area contributed by atoms with Crippen molar-refractivity contribution < 1.29 is 4.79 Å². The first kappa shape index (κ1) is 16.8. The number of nitrogens with zero attached hydrogens (tertiary/aromatic N) is 4. The SMILES string of the molecule is C=CCn1c(SCC(=O)NCCC#N)nnc1-c1ccccc1. The highest BCUT2D eigenvalue weighted by atomic mass is 32.2. The summed E-state index contributed by atoms with van der Waals surface area (Å²) in [5.74, 6) is 0.854. The zero-order valence-corrected chi connectivity index (χ0v) is 13.4. The van der Waals surface area contributed by atoms with E-state index in [1.165, 1.54) is 11.8 Å². The highest BCUT2D eigenvalue weighted by Crippen LogP contribution is 2.23. The lowest BCUT2D eigenvalue weighted by Crippen LogP contribution is -2.26. The zero-order chi connectivity index (χ0) is 16.5. The predicted octanol–water partition coefficient (Wildman–Crippen LogP) is 2.25. The van der Waals surface area contributed by atoms with E-state index >= 15 is 0 Å². The third-order valence-corrected chi connectivity index (χ3v) is 3.92. The van der Waals surface area contributed by atoms with Crippen LogP contribution in [0.15, 0.2) is 48.1 Å². The third-order valence-electron chi connectivity index (χ3n) is 2.95. The van der Waals surface area contributed by atoms with Gasteiger partial charge in [-0.25, -0.2) is 0 Å². The number of benzene rings is 1. The molecule has 1 N–H and O–H groups in total. The summed E-state index contributed by atoms with van der Waals surface area (Å²) in [6, 6.07) is 11.7. The maximum Gasteiger partial charge on any atom is 0.230 e. The minimum absolute atomic E-state index is 0.125. The molecular formula is C16H17N5OS. The number of amides is 1. The molecule has 118 valence electrons. The van der Waals surface area contributed by atoms with E-state index in [0.717, 1.165) is 11.4 Å². The fourth-order valence-electron chi connectivity index (χ4n) is 1.93. The van der Waals surface area contributed by atoms with E-state index in [4.69, 9.17) is 5.26 Å². The molecule has 0 fully saturated rings. The number of nitriles is 1. The van der Waals surface area contributed by atoms with E-state index < -0.39 is 0 Å². The highest BCUT2D eigenvalue weighted by molar-refractivity contribution is 7.99. The fourth-order valence-corrected chi connectivity index (χ4v) is 2.71. The van der Waals surface area contributed by atoms with Crippen molar-refractivity contribution in [1.82, 2.24) is 20.1 Å². The quantitative estimate of drug-likeness (QED) is 0.457. The Morgan fingerprint density at radius 1 is 1.39 bits per heavy atom. The molecule has 0 unspecified atom stereocenters. The second-order valence-electron chi connectivity index (χ2n) is 4.62. The summed E-state index contributed by atoms with van der Waals surface area (Å²) in [6.07, 6.45) is 2.08. The molecule has 0 aliphatic rings. The molecular weight excluding hydrogens is 310 g/mol. The predicted molar refractivity (Wildman–Crippen MR) is 89.6 cm³/mol. The van der Waals surface area contributed by atoms with Crippen LogP contribution < -0.4 is 5.32 Å². The number of carbonyl (C=O) groups is 1. The van der Waals surface area contributed by atoms with Crippen LogP contribution in [-0.4, -0.2) is 33.0 Å². The lowest BCUT2D eigenvalue weighted by Gasteiger charge is -2.07. The van der Waals surface area contributed by atoms with Gasteiger partial charge < -0.3 is 5.32 Å². The van der Waals surface area contributed by atoms with E-state index in [1.54, 1.807) is 6.08 Å². The lowest BCUT2D eigenvalue weighted by molar-refractivity contribution is -0.118. The molecule has 6 nitrogen and oxygen atoms in total. The van der Waals surface area contributed by atoms with Crippen LogP contribution >= 0.6 is 11.8 Å². The van der Waals surface area contributed by atoms with E-state index in [0.29, 0.717) is 24.7 Å². The number of rotatable bonds is 8. The molecule has 1 aromatic heterocycles. The van der Waals surface area contributed by atoms with Crippen LogP contribution in [0.5, 0.6) is 0 Å². The van der Waals surface area contributed by atoms with Crippen molar-refractivity contribution in [1.29, 1.82) is 5.26 Å². The number of allylic oxidation sites excluding steroid dienone is 1. The highest BCUT2D eigenvalue weighted by Gasteiger charge is 2.14. The van der Waals surface area contributed by atoms with Gasteiger partial charge in [0.25, 0.3) is 0 Å². The van der Waals surface area contributed by atoms with Gasteiger partial charge in [-0.2, -0.15) is 5.26 Å². The normalized spacial score (nSPS) is 10.0. The van der Waals surface area contributed by atoms with Crippen LogP contribution in [0, 0.1) is 11.3 Å². The summed E-state index contributed by atoms with van der Waals surface area (Å²) in [6.45, 7) is 4.69. The molecule has 0 aliphatic heterocycles. The molecule has 1 heterocycles. The van der Waals surface area contributed by atoms with Gasteiger partial charge in [0.1, 0.15) is 0 Å². The zero-order valence-electron chi connectivity index (χ0n) is 12.6. The number of hydrogen-bond donors (Lipinski definition) is 1. The fraction of sp³-hybridized carbons (Fsp3) is 0.250. The van der Waals surface area contributed by atoms with Gasteiger partial charge in [-0.15, -0.1) is 16.8 Å². The molecule has 2 rings (SSSR count). The van der Waals surface area contributed by atoms with Crippen LogP contribution in [-0.2, 0) is 11.3 Å². The summed E-state index contributed by atoms with van der Waals surface area (Å²) >= 11 is 1.32. The molecule has 0 aliphatic carbocycles. The average molecular weight is 327 g/mol. The van der Waals surface area contributed by atoms with E-state index in [2.05, 4.69) is 22.1 Å². The molecule has 0 bridgehead atoms. The molecule has 0 radical (unpaired) electrons. The molecule has 0 saturated heterocycles. The lowest BCUT2D eigenvalue weighted by atomic mass is 10.2. The Kier molecular flexibility index (Phi) is 6.39. The Morgan fingerprint density at radius 3 is 2.87 bits per heavy atom. The number of nitrogens with one attached hydrogen (secondary N) is 1. The maximum absolute atomic E-state index is 11.7. The van der Waals surface area contributed by atoms with Crippen molar-refractivity contribution in [3.63, 3.8) is 0 Å². The topological polar surface area (TPSA) is 83.6 Å². The Hall–Kier alpha value is -2.59. The summed E-state index contributed by atoms with van der Waals surface area (Å²) in [5.41, 5.74) is 0.965. The number of aromatic nitrogens is 3. The summed E-state index contributed by atoms with van der Waals surface area (Å²) in [7, 11) is 0. The minimum Gasteiger partial charge on any atom is -0.354 e. The molecule has 7 heteroatoms. The molecule has 1 amide bonds. The largest absolute Gasteiger partial charge is 0.354 e. The summed E-state index contributed by atoms with van der Waals surface area (Å²) in [5, 5.41) is 20.2. The van der Waals surface area contributed by atoms with Crippen molar-refractivity contribution >= 4 is 17.7 Å². The number of hydrogen-bond acceptors (Lipinski definition) is 5. The summed E-state index contributed by atoms with van der Waals surface area (Å²) < 4.78 is 1.93. The van der Waals surface area contributed by atoms with Crippen LogP contribution in [0.2, 0.25) is 0 Å². The molecule has 1 aromatic carbocycles. The molecule has 0 spiro atoms. The minimum atomic E-state index is -0.125. The average Bonchev–Trinajstić information content (AvgIpc) is 2.97. The number of thioether (sulfide) groups is 1. The van der Waals surface area contributed by atoms with E-state index in [1.807, 2.05) is 41.0 Å². The number of carbonyl (C=O) groups excluding carboxylic acids is 1. The third kappa shape index (κ3) is 4.69. The van der Waals surface area contributed by atoms with Crippen molar-refractivity contribution in [2.75, 3.05) is 12.3 Å². The smallest absolute Gasteiger partial charge is 0.230 e. The van der Waals surface area contributed by atoms with Crippen LogP contribution in [0.4, 0.5) is 0 Å².